The molecule has 0 aliphatic carbocycles. The van der Waals surface area contributed by atoms with Crippen molar-refractivity contribution in [2.45, 2.75) is 0 Å². The first-order chi connectivity index (χ1) is 13.0. The van der Waals surface area contributed by atoms with E-state index in [-0.39, 0.29) is 12.4 Å². The second-order valence-electron chi connectivity index (χ2n) is 5.32. The Bertz CT molecular complexity index is 1130. The number of methoxy groups -OCH3 is 2. The zero-order chi connectivity index (χ0) is 19.6. The fraction of sp³-hybridized carbons (Fsp3) is 0.176. The van der Waals surface area contributed by atoms with E-state index < -0.39 is 11.5 Å². The number of benzene rings is 1. The third-order valence-electron chi connectivity index (χ3n) is 3.76. The number of nitrogens with two attached hydrogens (primary N) is 1. The van der Waals surface area contributed by atoms with Crippen LogP contribution in [0.4, 0.5) is 5.82 Å². The number of hydrogen-bond acceptors (Lipinski definition) is 8. The number of rotatable bonds is 5. The number of carbonyl (C=O) groups is 1. The number of fused-ring (bicyclic) bond motifs is 1. The summed E-state index contributed by atoms with van der Waals surface area (Å²) in [4.78, 5) is 29.6. The summed E-state index contributed by atoms with van der Waals surface area (Å²) in [6, 6.07) is 8.35. The molecule has 10 heteroatoms. The van der Waals surface area contributed by atoms with Crippen LogP contribution in [-0.4, -0.2) is 36.2 Å². The fourth-order valence-electron chi connectivity index (χ4n) is 2.53. The third-order valence-corrected chi connectivity index (χ3v) is 4.77. The first-order valence-electron chi connectivity index (χ1n) is 7.69. The zero-order valence-electron chi connectivity index (χ0n) is 14.5. The Kier molecular flexibility index (Phi) is 4.96. The molecule has 138 valence electrons. The molecule has 2 aromatic heterocycles. The molecule has 0 radical (unpaired) electrons. The van der Waals surface area contributed by atoms with Crippen LogP contribution in [0.3, 0.4) is 0 Å². The van der Waals surface area contributed by atoms with E-state index in [0.717, 1.165) is 11.3 Å². The zero-order valence-corrected chi connectivity index (χ0v) is 15.3. The van der Waals surface area contributed by atoms with E-state index in [0.29, 0.717) is 32.4 Å². The van der Waals surface area contributed by atoms with Crippen molar-refractivity contribution in [2.24, 2.45) is 0 Å². The van der Waals surface area contributed by atoms with Crippen LogP contribution < -0.4 is 26.1 Å². The minimum atomic E-state index is -0.517. The second-order valence-corrected chi connectivity index (χ2v) is 6.35. The Balaban J connectivity index is 2.22. The van der Waals surface area contributed by atoms with Gasteiger partial charge < -0.3 is 20.5 Å². The number of hydrogen-bond donors (Lipinski definition) is 2. The Labute approximate surface area is 157 Å². The summed E-state index contributed by atoms with van der Waals surface area (Å²) in [6.45, 7) is -0.120. The summed E-state index contributed by atoms with van der Waals surface area (Å²) in [6.07, 6.45) is 0. The highest BCUT2D eigenvalue weighted by Crippen LogP contribution is 2.31. The number of amides is 1. The van der Waals surface area contributed by atoms with Gasteiger partial charge in [-0.1, -0.05) is 0 Å². The second kappa shape index (κ2) is 7.35. The fourth-order valence-corrected chi connectivity index (χ4v) is 3.47. The maximum atomic E-state index is 12.7. The monoisotopic (exact) mass is 385 g/mol. The van der Waals surface area contributed by atoms with Crippen molar-refractivity contribution in [1.82, 2.24) is 14.9 Å². The minimum Gasteiger partial charge on any atom is -0.493 e. The van der Waals surface area contributed by atoms with E-state index in [2.05, 4.69) is 10.3 Å². The van der Waals surface area contributed by atoms with Gasteiger partial charge in [0.25, 0.3) is 11.5 Å². The summed E-state index contributed by atoms with van der Waals surface area (Å²) in [5.74, 6) is 0.328. The lowest BCUT2D eigenvalue weighted by atomic mass is 10.2. The summed E-state index contributed by atoms with van der Waals surface area (Å²) in [5, 5.41) is 11.1. The largest absolute Gasteiger partial charge is 0.493 e. The number of aromatic nitrogens is 2. The van der Waals surface area contributed by atoms with E-state index >= 15 is 0 Å². The smallest absolute Gasteiger partial charge is 0.298 e. The maximum Gasteiger partial charge on any atom is 0.298 e. The van der Waals surface area contributed by atoms with Gasteiger partial charge in [-0.2, -0.15) is 5.26 Å². The molecule has 0 bridgehead atoms. The average Bonchev–Trinajstić information content (AvgIpc) is 3.09. The highest BCUT2D eigenvalue weighted by Gasteiger charge is 2.18. The van der Waals surface area contributed by atoms with Gasteiger partial charge >= 0.3 is 0 Å². The van der Waals surface area contributed by atoms with Crippen LogP contribution in [0.1, 0.15) is 9.67 Å². The van der Waals surface area contributed by atoms with Crippen molar-refractivity contribution >= 4 is 33.4 Å². The molecule has 1 aromatic carbocycles. The van der Waals surface area contributed by atoms with Gasteiger partial charge in [0.2, 0.25) is 0 Å². The third kappa shape index (κ3) is 3.28. The van der Waals surface area contributed by atoms with Gasteiger partial charge in [-0.25, -0.2) is 4.98 Å². The molecule has 3 aromatic rings. The molecule has 0 saturated carbocycles. The normalized spacial score (nSPS) is 10.4. The first kappa shape index (κ1) is 18.2. The minimum absolute atomic E-state index is 0.120. The Morgan fingerprint density at radius 3 is 2.74 bits per heavy atom. The van der Waals surface area contributed by atoms with Gasteiger partial charge in [0.05, 0.1) is 36.4 Å². The van der Waals surface area contributed by atoms with E-state index in [1.54, 1.807) is 18.2 Å². The lowest BCUT2D eigenvalue weighted by Crippen LogP contribution is -2.23. The van der Waals surface area contributed by atoms with Gasteiger partial charge in [0.15, 0.2) is 17.3 Å². The SMILES string of the molecule is COc1ccc(-n2c(=O)c(N)nc3sc(C(=O)NCC#N)cc32)cc1OC. The van der Waals surface area contributed by atoms with Crippen LogP contribution in [-0.2, 0) is 0 Å². The average molecular weight is 385 g/mol. The van der Waals surface area contributed by atoms with Crippen molar-refractivity contribution in [2.75, 3.05) is 26.5 Å². The molecular weight excluding hydrogens is 370 g/mol. The molecule has 0 saturated heterocycles. The molecule has 0 aliphatic heterocycles. The van der Waals surface area contributed by atoms with Crippen LogP contribution in [0, 0.1) is 11.3 Å². The van der Waals surface area contributed by atoms with Gasteiger partial charge in [0, 0.05) is 6.07 Å². The molecule has 2 heterocycles. The molecular formula is C17H15N5O4S. The van der Waals surface area contributed by atoms with E-state index in [1.807, 2.05) is 6.07 Å². The Morgan fingerprint density at radius 2 is 2.07 bits per heavy atom. The number of anilines is 1. The van der Waals surface area contributed by atoms with Crippen molar-refractivity contribution in [1.29, 1.82) is 5.26 Å². The van der Waals surface area contributed by atoms with Crippen molar-refractivity contribution in [3.05, 3.63) is 39.5 Å². The predicted molar refractivity (Wildman–Crippen MR) is 101 cm³/mol. The molecule has 0 aliphatic rings. The van der Waals surface area contributed by atoms with Gasteiger partial charge in [0.1, 0.15) is 11.4 Å². The quantitative estimate of drug-likeness (QED) is 0.633. The highest BCUT2D eigenvalue weighted by atomic mass is 32.1. The summed E-state index contributed by atoms with van der Waals surface area (Å²) >= 11 is 1.08. The topological polar surface area (TPSA) is 132 Å². The Hall–Kier alpha value is -3.58. The van der Waals surface area contributed by atoms with E-state index in [1.165, 1.54) is 24.9 Å². The lowest BCUT2D eigenvalue weighted by molar-refractivity contribution is 0.0962. The molecule has 3 rings (SSSR count). The molecule has 1 amide bonds. The summed E-state index contributed by atoms with van der Waals surface area (Å²) < 4.78 is 11.9. The molecule has 27 heavy (non-hydrogen) atoms. The highest BCUT2D eigenvalue weighted by molar-refractivity contribution is 7.20. The molecule has 9 nitrogen and oxygen atoms in total. The number of nitrogens with zero attached hydrogens (tertiary/aromatic N) is 3. The standard InChI is InChI=1S/C17H15N5O4S/c1-25-11-4-3-9(7-12(11)26-2)22-10-8-13(15(23)20-6-5-18)27-16(10)21-14(19)17(22)24/h3-4,7-8H,6H2,1-2H3,(H2,19,21)(H,20,23). The van der Waals surface area contributed by atoms with Gasteiger partial charge in [-0.3, -0.25) is 14.2 Å². The molecule has 0 fully saturated rings. The number of nitrogen functional groups attached to an aromatic ring is 1. The van der Waals surface area contributed by atoms with Crippen LogP contribution in [0.2, 0.25) is 0 Å². The van der Waals surface area contributed by atoms with E-state index in [9.17, 15) is 9.59 Å². The summed E-state index contributed by atoms with van der Waals surface area (Å²) in [5.41, 5.74) is 6.17. The molecule has 0 spiro atoms. The van der Waals surface area contributed by atoms with Crippen LogP contribution in [0.25, 0.3) is 16.0 Å². The van der Waals surface area contributed by atoms with Gasteiger partial charge in [-0.05, 0) is 18.2 Å². The summed E-state index contributed by atoms with van der Waals surface area (Å²) in [7, 11) is 3.00. The number of nitriles is 1. The van der Waals surface area contributed by atoms with Crippen molar-refractivity contribution < 1.29 is 14.3 Å². The van der Waals surface area contributed by atoms with Crippen LogP contribution in [0.15, 0.2) is 29.1 Å². The predicted octanol–water partition coefficient (Wildman–Crippen LogP) is 1.30. The number of nitrogens with one attached hydrogen (secondary N) is 1. The van der Waals surface area contributed by atoms with Crippen LogP contribution in [0.5, 0.6) is 11.5 Å². The number of thiophene rings is 1. The van der Waals surface area contributed by atoms with Crippen molar-refractivity contribution in [3.63, 3.8) is 0 Å². The van der Waals surface area contributed by atoms with Crippen molar-refractivity contribution in [3.8, 4) is 23.3 Å². The maximum absolute atomic E-state index is 12.7. The first-order valence-corrected chi connectivity index (χ1v) is 8.51. The molecule has 0 atom stereocenters. The van der Waals surface area contributed by atoms with Crippen LogP contribution >= 0.6 is 11.3 Å². The van der Waals surface area contributed by atoms with E-state index in [4.69, 9.17) is 20.5 Å². The number of ether oxygens (including phenoxy) is 2. The molecule has 3 N–H and O–H groups in total. The van der Waals surface area contributed by atoms with Gasteiger partial charge in [-0.15, -0.1) is 11.3 Å². The Morgan fingerprint density at radius 1 is 1.33 bits per heavy atom. The molecule has 0 unspecified atom stereocenters. The lowest BCUT2D eigenvalue weighted by Gasteiger charge is -2.12. The number of carbonyl (C=O) groups excluding carboxylic acids is 1.